The lowest BCUT2D eigenvalue weighted by atomic mass is 10.0. The van der Waals surface area contributed by atoms with Crippen molar-refractivity contribution >= 4 is 61.5 Å². The van der Waals surface area contributed by atoms with Crippen LogP contribution < -0.4 is 9.62 Å². The first kappa shape index (κ1) is 32.3. The predicted octanol–water partition coefficient (Wildman–Crippen LogP) is 6.32. The molecule has 0 spiro atoms. The fraction of sp³-hybridized carbons (Fsp3) is 0.273. The largest absolute Gasteiger partial charge is 0.354 e. The Morgan fingerprint density at radius 1 is 0.884 bits per heavy atom. The van der Waals surface area contributed by atoms with Gasteiger partial charge in [0, 0.05) is 34.9 Å². The SMILES string of the molecule is CC(C)CNC(=O)[C@@H](Cc1ccccc1)N(Cc1ccc(Cl)cc1Cl)C(=O)CN(c1cccc2ccccc12)S(C)(=O)=O. The number of sulfonamides is 1. The van der Waals surface area contributed by atoms with Gasteiger partial charge in [-0.1, -0.05) is 110 Å². The van der Waals surface area contributed by atoms with Crippen LogP contribution >= 0.6 is 23.2 Å². The molecule has 226 valence electrons. The fourth-order valence-corrected chi connectivity index (χ4v) is 6.16. The lowest BCUT2D eigenvalue weighted by Crippen LogP contribution is -2.53. The highest BCUT2D eigenvalue weighted by atomic mass is 35.5. The summed E-state index contributed by atoms with van der Waals surface area (Å²) in [5, 5.41) is 5.25. The Hall–Kier alpha value is -3.59. The Bertz CT molecular complexity index is 1690. The summed E-state index contributed by atoms with van der Waals surface area (Å²) >= 11 is 12.7. The Kier molecular flexibility index (Phi) is 10.7. The maximum Gasteiger partial charge on any atom is 0.244 e. The molecule has 4 aromatic carbocycles. The van der Waals surface area contributed by atoms with Gasteiger partial charge in [0.05, 0.1) is 11.9 Å². The molecule has 0 saturated carbocycles. The maximum atomic E-state index is 14.3. The van der Waals surface area contributed by atoms with Crippen LogP contribution in [-0.2, 0) is 32.6 Å². The van der Waals surface area contributed by atoms with E-state index in [2.05, 4.69) is 5.32 Å². The van der Waals surface area contributed by atoms with E-state index in [1.54, 1.807) is 30.3 Å². The third kappa shape index (κ3) is 8.50. The van der Waals surface area contributed by atoms with Gasteiger partial charge in [-0.3, -0.25) is 13.9 Å². The molecule has 1 atom stereocenters. The summed E-state index contributed by atoms with van der Waals surface area (Å²) in [6, 6.07) is 26.1. The van der Waals surface area contributed by atoms with Gasteiger partial charge in [0.15, 0.2) is 0 Å². The number of carbonyl (C=O) groups is 2. The molecular weight excluding hydrogens is 605 g/mol. The third-order valence-corrected chi connectivity index (χ3v) is 8.74. The molecule has 0 saturated heterocycles. The van der Waals surface area contributed by atoms with E-state index < -0.39 is 28.5 Å². The fourth-order valence-electron chi connectivity index (χ4n) is 4.83. The van der Waals surface area contributed by atoms with Crippen molar-refractivity contribution in [1.82, 2.24) is 10.2 Å². The van der Waals surface area contributed by atoms with Gasteiger partial charge in [0.1, 0.15) is 12.6 Å². The van der Waals surface area contributed by atoms with Crippen LogP contribution in [0.15, 0.2) is 91.0 Å². The van der Waals surface area contributed by atoms with Crippen molar-refractivity contribution in [2.24, 2.45) is 5.92 Å². The van der Waals surface area contributed by atoms with Gasteiger partial charge in [0.25, 0.3) is 0 Å². The second kappa shape index (κ2) is 14.3. The van der Waals surface area contributed by atoms with Crippen molar-refractivity contribution < 1.29 is 18.0 Å². The smallest absolute Gasteiger partial charge is 0.244 e. The summed E-state index contributed by atoms with van der Waals surface area (Å²) in [4.78, 5) is 29.5. The van der Waals surface area contributed by atoms with Crippen molar-refractivity contribution in [3.05, 3.63) is 112 Å². The molecule has 0 aliphatic heterocycles. The third-order valence-electron chi connectivity index (χ3n) is 7.03. The average molecular weight is 641 g/mol. The highest BCUT2D eigenvalue weighted by molar-refractivity contribution is 7.92. The first-order valence-electron chi connectivity index (χ1n) is 13.9. The van der Waals surface area contributed by atoms with Gasteiger partial charge in [-0.15, -0.1) is 0 Å². The Morgan fingerprint density at radius 3 is 2.23 bits per heavy atom. The molecule has 10 heteroatoms. The van der Waals surface area contributed by atoms with Crippen LogP contribution in [0, 0.1) is 5.92 Å². The number of nitrogens with zero attached hydrogens (tertiary/aromatic N) is 2. The second-order valence-corrected chi connectivity index (χ2v) is 13.6. The number of hydrogen-bond acceptors (Lipinski definition) is 4. The predicted molar refractivity (Wildman–Crippen MR) is 175 cm³/mol. The molecule has 2 amide bonds. The van der Waals surface area contributed by atoms with Gasteiger partial charge in [-0.25, -0.2) is 8.42 Å². The molecule has 0 aromatic heterocycles. The maximum absolute atomic E-state index is 14.3. The van der Waals surface area contributed by atoms with Crippen LogP contribution in [0.2, 0.25) is 10.0 Å². The van der Waals surface area contributed by atoms with E-state index in [1.807, 2.05) is 74.5 Å². The molecule has 0 unspecified atom stereocenters. The topological polar surface area (TPSA) is 86.8 Å². The number of benzene rings is 4. The van der Waals surface area contributed by atoms with Crippen LogP contribution in [0.5, 0.6) is 0 Å². The van der Waals surface area contributed by atoms with Crippen molar-refractivity contribution in [3.63, 3.8) is 0 Å². The van der Waals surface area contributed by atoms with Gasteiger partial charge in [0.2, 0.25) is 21.8 Å². The van der Waals surface area contributed by atoms with E-state index in [9.17, 15) is 18.0 Å². The molecule has 1 N–H and O–H groups in total. The Morgan fingerprint density at radius 2 is 1.56 bits per heavy atom. The number of nitrogens with one attached hydrogen (secondary N) is 1. The molecule has 0 radical (unpaired) electrons. The van der Waals surface area contributed by atoms with E-state index in [4.69, 9.17) is 23.2 Å². The zero-order valence-corrected chi connectivity index (χ0v) is 26.7. The van der Waals surface area contributed by atoms with E-state index in [1.165, 1.54) is 4.90 Å². The van der Waals surface area contributed by atoms with E-state index in [-0.39, 0.29) is 24.8 Å². The number of amides is 2. The van der Waals surface area contributed by atoms with Gasteiger partial charge in [-0.05, 0) is 40.6 Å². The summed E-state index contributed by atoms with van der Waals surface area (Å²) < 4.78 is 27.5. The molecule has 0 bridgehead atoms. The van der Waals surface area contributed by atoms with Gasteiger partial charge in [-0.2, -0.15) is 0 Å². The van der Waals surface area contributed by atoms with E-state index >= 15 is 0 Å². The van der Waals surface area contributed by atoms with Crippen LogP contribution in [0.4, 0.5) is 5.69 Å². The van der Waals surface area contributed by atoms with Crippen molar-refractivity contribution in [1.29, 1.82) is 0 Å². The van der Waals surface area contributed by atoms with Gasteiger partial charge < -0.3 is 10.2 Å². The summed E-state index contributed by atoms with van der Waals surface area (Å²) in [6.45, 7) is 3.84. The van der Waals surface area contributed by atoms with Crippen LogP contribution in [0.1, 0.15) is 25.0 Å². The number of fused-ring (bicyclic) bond motifs is 1. The minimum atomic E-state index is -3.91. The average Bonchev–Trinajstić information content (AvgIpc) is 2.97. The highest BCUT2D eigenvalue weighted by Crippen LogP contribution is 2.29. The van der Waals surface area contributed by atoms with Crippen molar-refractivity contribution in [2.45, 2.75) is 32.9 Å². The molecule has 4 aromatic rings. The minimum Gasteiger partial charge on any atom is -0.354 e. The number of rotatable bonds is 12. The molecular formula is C33H35Cl2N3O4S. The van der Waals surface area contributed by atoms with E-state index in [0.717, 1.165) is 21.5 Å². The van der Waals surface area contributed by atoms with Crippen molar-refractivity contribution in [3.8, 4) is 0 Å². The number of halogens is 2. The zero-order valence-electron chi connectivity index (χ0n) is 24.3. The number of hydrogen-bond donors (Lipinski definition) is 1. The van der Waals surface area contributed by atoms with Crippen LogP contribution in [-0.4, -0.2) is 50.5 Å². The normalized spacial score (nSPS) is 12.2. The van der Waals surface area contributed by atoms with Crippen LogP contribution in [0.3, 0.4) is 0 Å². The first-order valence-corrected chi connectivity index (χ1v) is 16.5. The van der Waals surface area contributed by atoms with E-state index in [0.29, 0.717) is 33.2 Å². The Labute approximate surface area is 263 Å². The monoisotopic (exact) mass is 639 g/mol. The molecule has 43 heavy (non-hydrogen) atoms. The summed E-state index contributed by atoms with van der Waals surface area (Å²) in [6.07, 6.45) is 1.29. The van der Waals surface area contributed by atoms with Crippen molar-refractivity contribution in [2.75, 3.05) is 23.7 Å². The zero-order chi connectivity index (χ0) is 31.1. The molecule has 0 heterocycles. The standard InChI is InChI=1S/C33H35Cl2N3O4S/c1-23(2)20-36-33(40)31(18-24-10-5-4-6-11-24)37(21-26-16-17-27(34)19-29(26)35)32(39)22-38(43(3,41)42)30-15-9-13-25-12-7-8-14-28(25)30/h4-17,19,23,31H,18,20-22H2,1-3H3,(H,36,40)/t31-/m1/s1. The first-order chi connectivity index (χ1) is 20.4. The quantitative estimate of drug-likeness (QED) is 0.196. The van der Waals surface area contributed by atoms with Gasteiger partial charge >= 0.3 is 0 Å². The molecule has 4 rings (SSSR count). The summed E-state index contributed by atoms with van der Waals surface area (Å²) in [5.41, 5.74) is 1.80. The molecule has 7 nitrogen and oxygen atoms in total. The molecule has 0 aliphatic carbocycles. The second-order valence-electron chi connectivity index (χ2n) is 10.9. The molecule has 0 aliphatic rings. The number of anilines is 1. The highest BCUT2D eigenvalue weighted by Gasteiger charge is 2.33. The van der Waals surface area contributed by atoms with Crippen LogP contribution in [0.25, 0.3) is 10.8 Å². The lowest BCUT2D eigenvalue weighted by Gasteiger charge is -2.34. The number of carbonyl (C=O) groups excluding carboxylic acids is 2. The molecule has 0 fully saturated rings. The summed E-state index contributed by atoms with van der Waals surface area (Å²) in [7, 11) is -3.91. The minimum absolute atomic E-state index is 0.0332. The Balaban J connectivity index is 1.79. The summed E-state index contributed by atoms with van der Waals surface area (Å²) in [5.74, 6) is -0.708. The lowest BCUT2D eigenvalue weighted by molar-refractivity contribution is -0.140.